The van der Waals surface area contributed by atoms with Gasteiger partial charge in [-0.05, 0) is 55.7 Å². The van der Waals surface area contributed by atoms with Crippen molar-refractivity contribution in [2.45, 2.75) is 106 Å². The predicted octanol–water partition coefficient (Wildman–Crippen LogP) is 6.18. The van der Waals surface area contributed by atoms with Gasteiger partial charge in [-0.25, -0.2) is 4.79 Å². The molecule has 6 nitrogen and oxygen atoms in total. The van der Waals surface area contributed by atoms with Crippen molar-refractivity contribution in [3.05, 3.63) is 70.8 Å². The average molecular weight is 568 g/mol. The number of carbonyl (C=O) groups excluding carboxylic acids is 2. The van der Waals surface area contributed by atoms with Gasteiger partial charge >= 0.3 is 5.97 Å². The van der Waals surface area contributed by atoms with Gasteiger partial charge in [0.1, 0.15) is 12.1 Å². The lowest BCUT2D eigenvalue weighted by Gasteiger charge is -2.32. The topological polar surface area (TPSA) is 95.9 Å². The summed E-state index contributed by atoms with van der Waals surface area (Å²) in [7, 11) is 0. The van der Waals surface area contributed by atoms with Crippen LogP contribution in [0.25, 0.3) is 0 Å². The Kier molecular flexibility index (Phi) is 13.5. The maximum Gasteiger partial charge on any atom is 0.329 e. The standard InChI is InChI=1S/C35H53NO5/c1-10-21(2)16-26(7)33-27(8)18-24(5)31(37)22(3)17-23(4)32(38)25(6)19-28(9)34(39)36-30(35(40)41-33)20-29-14-12-11-13-15-29/h11-15,17-19,21-22,25-27,30-33,37-38H,10,16,20H2,1-9H3,(H,36,39)/b23-17-,24-18+,28-19-/t21-,22?,25?,26-,27-,30?,31-,32-,33?/m0/s1. The summed E-state index contributed by atoms with van der Waals surface area (Å²) in [6.45, 7) is 17.7. The van der Waals surface area contributed by atoms with E-state index in [-0.39, 0.29) is 29.6 Å². The number of rotatable bonds is 6. The molecule has 6 heteroatoms. The lowest BCUT2D eigenvalue weighted by Crippen LogP contribution is -2.46. The third kappa shape index (κ3) is 10.3. The molecule has 0 spiro atoms. The van der Waals surface area contributed by atoms with Crippen LogP contribution in [0.5, 0.6) is 0 Å². The van der Waals surface area contributed by atoms with Gasteiger partial charge in [0.2, 0.25) is 5.91 Å². The molecule has 0 bridgehead atoms. The van der Waals surface area contributed by atoms with E-state index in [0.717, 1.165) is 29.6 Å². The molecule has 1 aliphatic heterocycles. The van der Waals surface area contributed by atoms with E-state index in [4.69, 9.17) is 4.74 Å². The van der Waals surface area contributed by atoms with Gasteiger partial charge in [0.15, 0.2) is 0 Å². The van der Waals surface area contributed by atoms with E-state index >= 15 is 0 Å². The first-order chi connectivity index (χ1) is 19.2. The number of aliphatic hydroxyl groups excluding tert-OH is 2. The molecule has 2 rings (SSSR count). The van der Waals surface area contributed by atoms with Gasteiger partial charge in [-0.15, -0.1) is 0 Å². The van der Waals surface area contributed by atoms with Crippen molar-refractivity contribution in [1.82, 2.24) is 5.32 Å². The highest BCUT2D eigenvalue weighted by molar-refractivity contribution is 5.95. The number of benzene rings is 1. The van der Waals surface area contributed by atoms with Crippen molar-refractivity contribution in [2.75, 3.05) is 0 Å². The zero-order valence-corrected chi connectivity index (χ0v) is 26.6. The highest BCUT2D eigenvalue weighted by Crippen LogP contribution is 2.29. The van der Waals surface area contributed by atoms with Gasteiger partial charge in [0.05, 0.1) is 12.2 Å². The molecule has 0 aromatic heterocycles. The molecule has 228 valence electrons. The SMILES string of the molecule is CC[C@H](C)C[C@H](C)C1OC(=O)C(Cc2ccccc2)NC(=O)/C(C)=C\C(C)[C@@H](O)/C(C)=C\C(C)[C@H](O)/C(C)=C/[C@@H]1C. The number of esters is 1. The molecular weight excluding hydrogens is 514 g/mol. The second-order valence-corrected chi connectivity index (χ2v) is 12.5. The number of aliphatic hydroxyl groups is 2. The van der Waals surface area contributed by atoms with E-state index in [9.17, 15) is 19.8 Å². The lowest BCUT2D eigenvalue weighted by molar-refractivity contribution is -0.157. The van der Waals surface area contributed by atoms with Crippen LogP contribution in [0.15, 0.2) is 65.3 Å². The quantitative estimate of drug-likeness (QED) is 0.282. The van der Waals surface area contributed by atoms with Gasteiger partial charge in [-0.2, -0.15) is 0 Å². The molecule has 0 radical (unpaired) electrons. The summed E-state index contributed by atoms with van der Waals surface area (Å²) in [5.74, 6) is -1.07. The van der Waals surface area contributed by atoms with E-state index < -0.39 is 30.3 Å². The summed E-state index contributed by atoms with van der Waals surface area (Å²) in [4.78, 5) is 27.1. The molecule has 1 heterocycles. The van der Waals surface area contributed by atoms with Crippen LogP contribution in [-0.4, -0.2) is 46.4 Å². The number of hydrogen-bond donors (Lipinski definition) is 3. The highest BCUT2D eigenvalue weighted by Gasteiger charge is 2.32. The van der Waals surface area contributed by atoms with Crippen LogP contribution in [0.3, 0.4) is 0 Å². The summed E-state index contributed by atoms with van der Waals surface area (Å²) in [5, 5.41) is 25.1. The van der Waals surface area contributed by atoms with Crippen molar-refractivity contribution in [1.29, 1.82) is 0 Å². The minimum absolute atomic E-state index is 0.0671. The van der Waals surface area contributed by atoms with Gasteiger partial charge < -0.3 is 20.3 Å². The Hall–Kier alpha value is -2.70. The Balaban J connectivity index is 2.59. The fourth-order valence-electron chi connectivity index (χ4n) is 5.81. The first-order valence-corrected chi connectivity index (χ1v) is 15.2. The van der Waals surface area contributed by atoms with Crippen LogP contribution in [-0.2, 0) is 20.7 Å². The molecule has 4 unspecified atom stereocenters. The Bertz CT molecular complexity index is 1090. The first kappa shape index (κ1) is 34.5. The molecule has 1 amide bonds. The zero-order valence-electron chi connectivity index (χ0n) is 26.6. The van der Waals surface area contributed by atoms with Crippen LogP contribution in [0, 0.1) is 29.6 Å². The molecule has 1 aromatic rings. The number of carbonyl (C=O) groups is 2. The number of ether oxygens (including phenoxy) is 1. The summed E-state index contributed by atoms with van der Waals surface area (Å²) in [6.07, 6.45) is 5.84. The normalized spacial score (nSPS) is 34.4. The maximum absolute atomic E-state index is 13.8. The van der Waals surface area contributed by atoms with Gasteiger partial charge in [-0.1, -0.05) is 96.5 Å². The first-order valence-electron chi connectivity index (χ1n) is 15.2. The third-order valence-electron chi connectivity index (χ3n) is 8.53. The molecule has 1 aliphatic rings. The Labute approximate surface area is 248 Å². The predicted molar refractivity (Wildman–Crippen MR) is 166 cm³/mol. The Morgan fingerprint density at radius 2 is 1.39 bits per heavy atom. The summed E-state index contributed by atoms with van der Waals surface area (Å²) in [6, 6.07) is 8.70. The van der Waals surface area contributed by atoms with E-state index in [1.807, 2.05) is 77.1 Å². The molecule has 1 aromatic carbocycles. The lowest BCUT2D eigenvalue weighted by atomic mass is 9.84. The molecule has 3 N–H and O–H groups in total. The summed E-state index contributed by atoms with van der Waals surface area (Å²) < 4.78 is 6.28. The number of nitrogens with one attached hydrogen (secondary N) is 1. The number of hydrogen-bond acceptors (Lipinski definition) is 5. The number of cyclic esters (lactones) is 1. The van der Waals surface area contributed by atoms with Gasteiger partial charge in [0.25, 0.3) is 0 Å². The fourth-order valence-corrected chi connectivity index (χ4v) is 5.81. The van der Waals surface area contributed by atoms with E-state index in [2.05, 4.69) is 26.1 Å². The van der Waals surface area contributed by atoms with Crippen molar-refractivity contribution >= 4 is 11.9 Å². The largest absolute Gasteiger partial charge is 0.460 e. The molecule has 0 saturated heterocycles. The molecule has 0 saturated carbocycles. The molecule has 41 heavy (non-hydrogen) atoms. The minimum atomic E-state index is -0.882. The van der Waals surface area contributed by atoms with Crippen LogP contribution in [0.1, 0.15) is 80.7 Å². The molecule has 0 fully saturated rings. The number of amides is 1. The van der Waals surface area contributed by atoms with E-state index in [1.54, 1.807) is 13.0 Å². The maximum atomic E-state index is 13.8. The smallest absolute Gasteiger partial charge is 0.329 e. The third-order valence-corrected chi connectivity index (χ3v) is 8.53. The van der Waals surface area contributed by atoms with Crippen molar-refractivity contribution in [3.63, 3.8) is 0 Å². The second-order valence-electron chi connectivity index (χ2n) is 12.5. The van der Waals surface area contributed by atoms with E-state index in [0.29, 0.717) is 17.9 Å². The Morgan fingerprint density at radius 3 is 1.95 bits per heavy atom. The van der Waals surface area contributed by atoms with Crippen molar-refractivity contribution in [2.24, 2.45) is 29.6 Å². The molecule has 0 aliphatic carbocycles. The van der Waals surface area contributed by atoms with Crippen LogP contribution in [0.2, 0.25) is 0 Å². The van der Waals surface area contributed by atoms with E-state index in [1.165, 1.54) is 0 Å². The van der Waals surface area contributed by atoms with Crippen molar-refractivity contribution < 1.29 is 24.5 Å². The fraction of sp³-hybridized carbons (Fsp3) is 0.600. The summed E-state index contributed by atoms with van der Waals surface area (Å²) >= 11 is 0. The van der Waals surface area contributed by atoms with Crippen LogP contribution >= 0.6 is 0 Å². The molecule has 9 atom stereocenters. The molecular formula is C35H53NO5. The van der Waals surface area contributed by atoms with Gasteiger partial charge in [0, 0.05) is 29.7 Å². The zero-order chi connectivity index (χ0) is 30.9. The van der Waals surface area contributed by atoms with Crippen LogP contribution in [0.4, 0.5) is 0 Å². The van der Waals surface area contributed by atoms with Gasteiger partial charge in [-0.3, -0.25) is 4.79 Å². The minimum Gasteiger partial charge on any atom is -0.460 e. The van der Waals surface area contributed by atoms with Crippen LogP contribution < -0.4 is 5.32 Å². The Morgan fingerprint density at radius 1 is 0.854 bits per heavy atom. The van der Waals surface area contributed by atoms with Crippen molar-refractivity contribution in [3.8, 4) is 0 Å². The summed E-state index contributed by atoms with van der Waals surface area (Å²) in [5.41, 5.74) is 2.86. The average Bonchev–Trinajstić information content (AvgIpc) is 2.93. The second kappa shape index (κ2) is 16.1. The monoisotopic (exact) mass is 567 g/mol. The highest BCUT2D eigenvalue weighted by atomic mass is 16.5.